The van der Waals surface area contributed by atoms with E-state index in [0.29, 0.717) is 6.42 Å². The monoisotopic (exact) mass is 444 g/mol. The third-order valence-corrected chi connectivity index (χ3v) is 5.02. The Kier molecular flexibility index (Phi) is 15.3. The molecule has 10 nitrogen and oxygen atoms in total. The van der Waals surface area contributed by atoms with Gasteiger partial charge in [0.05, 0.1) is 18.2 Å². The summed E-state index contributed by atoms with van der Waals surface area (Å²) in [5.74, 6) is -0.646. The summed E-state index contributed by atoms with van der Waals surface area (Å²) in [7, 11) is 0. The Morgan fingerprint density at radius 1 is 0.839 bits per heavy atom. The number of hydrogen-bond donors (Lipinski definition) is 6. The minimum absolute atomic E-state index is 0.0987. The van der Waals surface area contributed by atoms with E-state index >= 15 is 0 Å². The molecule has 0 heterocycles. The summed E-state index contributed by atoms with van der Waals surface area (Å²) < 4.78 is 0. The second-order valence-electron chi connectivity index (χ2n) is 8.45. The van der Waals surface area contributed by atoms with Crippen molar-refractivity contribution in [2.75, 3.05) is 6.54 Å². The molecule has 6 N–H and O–H groups in total. The largest absolute Gasteiger partial charge is 0.465 e. The fraction of sp³-hybridized carbons (Fsp3) is 0.810. The molecule has 3 atom stereocenters. The Balaban J connectivity index is 4.26. The molecule has 31 heavy (non-hydrogen) atoms. The highest BCUT2D eigenvalue weighted by Crippen LogP contribution is 2.10. The van der Waals surface area contributed by atoms with Crippen LogP contribution in [0.1, 0.15) is 72.6 Å². The van der Waals surface area contributed by atoms with Gasteiger partial charge in [0.1, 0.15) is 6.29 Å². The number of amides is 3. The fourth-order valence-electron chi connectivity index (χ4n) is 3.21. The Morgan fingerprint density at radius 2 is 1.42 bits per heavy atom. The fourth-order valence-corrected chi connectivity index (χ4v) is 3.21. The molecule has 0 aliphatic heterocycles. The standard InChI is InChI=1S/C21H40N4O6/c1-14(2)16(13-26)22-12-10-8-6-5-7-9-11-17(24-20(28)29)23-18(15(3)4)19(27)25-21(30)31/h13-18,22-24H,5-12H2,1-4H3,(H,25,27)(H,28,29)(H,30,31). The van der Waals surface area contributed by atoms with E-state index in [1.807, 2.05) is 19.2 Å². The number of hydrogen-bond acceptors (Lipinski definition) is 6. The van der Waals surface area contributed by atoms with Crippen LogP contribution in [0.3, 0.4) is 0 Å². The normalized spacial score (nSPS) is 14.1. The number of carboxylic acid groups (broad SMARTS) is 2. The van der Waals surface area contributed by atoms with Gasteiger partial charge in [-0.3, -0.25) is 15.4 Å². The van der Waals surface area contributed by atoms with E-state index in [9.17, 15) is 19.2 Å². The van der Waals surface area contributed by atoms with Crippen LogP contribution in [0.5, 0.6) is 0 Å². The van der Waals surface area contributed by atoms with Crippen LogP contribution in [0, 0.1) is 11.8 Å². The van der Waals surface area contributed by atoms with Crippen molar-refractivity contribution in [1.29, 1.82) is 0 Å². The maximum Gasteiger partial charge on any atom is 0.411 e. The van der Waals surface area contributed by atoms with E-state index in [1.54, 1.807) is 13.8 Å². The van der Waals surface area contributed by atoms with Gasteiger partial charge in [0.25, 0.3) is 0 Å². The number of rotatable bonds is 17. The van der Waals surface area contributed by atoms with Crippen LogP contribution < -0.4 is 21.3 Å². The van der Waals surface area contributed by atoms with Crippen LogP contribution in [-0.2, 0) is 9.59 Å². The lowest BCUT2D eigenvalue weighted by molar-refractivity contribution is -0.123. The third-order valence-electron chi connectivity index (χ3n) is 5.02. The molecule has 0 saturated heterocycles. The van der Waals surface area contributed by atoms with Gasteiger partial charge in [-0.25, -0.2) is 9.59 Å². The molecular formula is C21H40N4O6. The zero-order valence-corrected chi connectivity index (χ0v) is 19.1. The summed E-state index contributed by atoms with van der Waals surface area (Å²) in [5.41, 5.74) is 0. The molecule has 0 saturated carbocycles. The molecule has 180 valence electrons. The molecule has 0 aromatic heterocycles. The predicted octanol–water partition coefficient (Wildman–Crippen LogP) is 2.53. The summed E-state index contributed by atoms with van der Waals surface area (Å²) in [4.78, 5) is 44.8. The Morgan fingerprint density at radius 3 is 1.90 bits per heavy atom. The van der Waals surface area contributed by atoms with Crippen molar-refractivity contribution in [3.8, 4) is 0 Å². The summed E-state index contributed by atoms with van der Waals surface area (Å²) >= 11 is 0. The molecule has 0 aliphatic carbocycles. The van der Waals surface area contributed by atoms with Crippen LogP contribution in [0.15, 0.2) is 0 Å². The molecule has 0 radical (unpaired) electrons. The minimum atomic E-state index is -1.44. The van der Waals surface area contributed by atoms with Crippen LogP contribution >= 0.6 is 0 Å². The van der Waals surface area contributed by atoms with Crippen molar-refractivity contribution in [2.45, 2.75) is 90.9 Å². The number of imide groups is 1. The molecule has 0 spiro atoms. The van der Waals surface area contributed by atoms with Crippen molar-refractivity contribution in [3.63, 3.8) is 0 Å². The Labute approximate surface area is 184 Å². The first-order valence-corrected chi connectivity index (χ1v) is 11.1. The van der Waals surface area contributed by atoms with E-state index in [0.717, 1.165) is 51.4 Å². The molecule has 0 bridgehead atoms. The van der Waals surface area contributed by atoms with E-state index in [-0.39, 0.29) is 17.9 Å². The van der Waals surface area contributed by atoms with E-state index in [2.05, 4.69) is 16.0 Å². The third kappa shape index (κ3) is 14.4. The van der Waals surface area contributed by atoms with Gasteiger partial charge in [0.15, 0.2) is 0 Å². The second kappa shape index (κ2) is 16.5. The van der Waals surface area contributed by atoms with Crippen LogP contribution in [0.25, 0.3) is 0 Å². The molecule has 0 aromatic rings. The summed E-state index contributed by atoms with van der Waals surface area (Å²) in [6, 6.07) is -0.931. The van der Waals surface area contributed by atoms with Gasteiger partial charge in [0, 0.05) is 0 Å². The Hall–Kier alpha value is -2.20. The highest BCUT2D eigenvalue weighted by Gasteiger charge is 2.27. The molecule has 0 aromatic carbocycles. The molecule has 0 rings (SSSR count). The summed E-state index contributed by atoms with van der Waals surface area (Å²) in [6.07, 6.45) is 3.94. The van der Waals surface area contributed by atoms with Crippen LogP contribution in [0.2, 0.25) is 0 Å². The summed E-state index contributed by atoms with van der Waals surface area (Å²) in [5, 5.41) is 28.2. The average Bonchev–Trinajstić information content (AvgIpc) is 2.65. The smallest absolute Gasteiger partial charge is 0.411 e. The van der Waals surface area contributed by atoms with Gasteiger partial charge in [-0.1, -0.05) is 59.8 Å². The first-order chi connectivity index (χ1) is 14.6. The summed E-state index contributed by atoms with van der Waals surface area (Å²) in [6.45, 7) is 8.34. The maximum atomic E-state index is 12.1. The van der Waals surface area contributed by atoms with Crippen molar-refractivity contribution >= 4 is 24.4 Å². The number of unbranched alkanes of at least 4 members (excludes halogenated alkanes) is 5. The number of aldehydes is 1. The highest BCUT2D eigenvalue weighted by atomic mass is 16.4. The van der Waals surface area contributed by atoms with Crippen molar-refractivity contribution in [2.24, 2.45) is 11.8 Å². The zero-order valence-electron chi connectivity index (χ0n) is 19.1. The van der Waals surface area contributed by atoms with Gasteiger partial charge < -0.3 is 25.6 Å². The van der Waals surface area contributed by atoms with E-state index in [4.69, 9.17) is 10.2 Å². The van der Waals surface area contributed by atoms with Crippen molar-refractivity contribution in [1.82, 2.24) is 21.3 Å². The lowest BCUT2D eigenvalue weighted by Gasteiger charge is -2.27. The topological polar surface area (TPSA) is 157 Å². The number of carbonyl (C=O) groups is 4. The van der Waals surface area contributed by atoms with Crippen molar-refractivity contribution < 1.29 is 29.4 Å². The molecular weight excluding hydrogens is 404 g/mol. The average molecular weight is 445 g/mol. The van der Waals surface area contributed by atoms with E-state index < -0.39 is 30.3 Å². The number of nitrogens with one attached hydrogen (secondary N) is 4. The molecule has 0 aliphatic rings. The lowest BCUT2D eigenvalue weighted by atomic mass is 10.0. The second-order valence-corrected chi connectivity index (χ2v) is 8.45. The first kappa shape index (κ1) is 28.8. The molecule has 0 fully saturated rings. The lowest BCUT2D eigenvalue weighted by Crippen LogP contribution is -2.56. The molecule has 3 amide bonds. The van der Waals surface area contributed by atoms with Gasteiger partial charge in [0.2, 0.25) is 5.91 Å². The van der Waals surface area contributed by atoms with Gasteiger partial charge in [-0.05, 0) is 31.2 Å². The molecule has 10 heteroatoms. The Bertz CT molecular complexity index is 556. The maximum absolute atomic E-state index is 12.1. The molecule has 3 unspecified atom stereocenters. The predicted molar refractivity (Wildman–Crippen MR) is 118 cm³/mol. The SMILES string of the molecule is CC(C)C(C=O)NCCCCCCCCC(NC(=O)O)NC(C(=O)NC(=O)O)C(C)C. The van der Waals surface area contributed by atoms with Gasteiger partial charge >= 0.3 is 12.2 Å². The quantitative estimate of drug-likeness (QED) is 0.113. The van der Waals surface area contributed by atoms with Gasteiger partial charge in [-0.2, -0.15) is 0 Å². The minimum Gasteiger partial charge on any atom is -0.465 e. The first-order valence-electron chi connectivity index (χ1n) is 11.1. The number of carbonyl (C=O) groups excluding carboxylic acids is 2. The van der Waals surface area contributed by atoms with Crippen molar-refractivity contribution in [3.05, 3.63) is 0 Å². The van der Waals surface area contributed by atoms with Crippen LogP contribution in [0.4, 0.5) is 9.59 Å². The highest BCUT2D eigenvalue weighted by molar-refractivity contribution is 5.94. The van der Waals surface area contributed by atoms with Crippen LogP contribution in [-0.4, -0.2) is 59.4 Å². The zero-order chi connectivity index (χ0) is 23.8. The van der Waals surface area contributed by atoms with E-state index in [1.165, 1.54) is 0 Å². The van der Waals surface area contributed by atoms with Gasteiger partial charge in [-0.15, -0.1) is 0 Å².